The molecule has 0 aliphatic heterocycles. The molecule has 2 N–H and O–H groups in total. The molecule has 35 heavy (non-hydrogen) atoms. The van der Waals surface area contributed by atoms with Crippen molar-refractivity contribution in [2.24, 2.45) is 0 Å². The Morgan fingerprint density at radius 1 is 1.00 bits per heavy atom. The van der Waals surface area contributed by atoms with Gasteiger partial charge in [0.15, 0.2) is 5.13 Å². The van der Waals surface area contributed by atoms with Crippen LogP contribution in [0.1, 0.15) is 30.6 Å². The maximum absolute atomic E-state index is 13.4. The predicted molar refractivity (Wildman–Crippen MR) is 141 cm³/mol. The van der Waals surface area contributed by atoms with E-state index in [-0.39, 0.29) is 17.6 Å². The Bertz CT molecular complexity index is 1290. The average Bonchev–Trinajstić information content (AvgIpc) is 3.32. The Morgan fingerprint density at radius 3 is 2.51 bits per heavy atom. The minimum absolute atomic E-state index is 0.0345. The van der Waals surface area contributed by atoms with Gasteiger partial charge < -0.3 is 10.6 Å². The molecule has 0 aliphatic rings. The van der Waals surface area contributed by atoms with Gasteiger partial charge in [0.05, 0.1) is 5.69 Å². The Kier molecular flexibility index (Phi) is 8.28. The monoisotopic (exact) mass is 505 g/mol. The van der Waals surface area contributed by atoms with Crippen LogP contribution < -0.4 is 10.6 Å². The smallest absolute Gasteiger partial charge is 0.244 e. The minimum Gasteiger partial charge on any atom is -0.326 e. The quantitative estimate of drug-likeness (QED) is 0.237. The van der Waals surface area contributed by atoms with E-state index in [0.29, 0.717) is 22.9 Å². The lowest BCUT2D eigenvalue weighted by Gasteiger charge is -2.17. The topological polar surface area (TPSA) is 71.1 Å². The summed E-state index contributed by atoms with van der Waals surface area (Å²) in [6, 6.07) is 23.1. The van der Waals surface area contributed by atoms with Gasteiger partial charge in [0, 0.05) is 27.9 Å². The molecule has 4 aromatic rings. The molecule has 0 saturated carbocycles. The lowest BCUT2D eigenvalue weighted by Crippen LogP contribution is -2.19. The predicted octanol–water partition coefficient (Wildman–Crippen LogP) is 7.16. The second kappa shape index (κ2) is 11.8. The van der Waals surface area contributed by atoms with Gasteiger partial charge >= 0.3 is 0 Å². The summed E-state index contributed by atoms with van der Waals surface area (Å²) in [4.78, 5) is 30.7. The summed E-state index contributed by atoms with van der Waals surface area (Å²) in [5.74, 6) is -0.552. The van der Waals surface area contributed by atoms with E-state index in [0.717, 1.165) is 22.4 Å². The third kappa shape index (κ3) is 6.77. The normalized spacial score (nSPS) is 11.6. The molecule has 8 heteroatoms. The Labute approximate surface area is 211 Å². The first-order valence-electron chi connectivity index (χ1n) is 11.2. The molecule has 0 radical (unpaired) electrons. The third-order valence-electron chi connectivity index (χ3n) is 5.06. The van der Waals surface area contributed by atoms with E-state index in [9.17, 15) is 14.0 Å². The summed E-state index contributed by atoms with van der Waals surface area (Å²) in [7, 11) is 0. The van der Waals surface area contributed by atoms with Crippen LogP contribution in [0.3, 0.4) is 0 Å². The summed E-state index contributed by atoms with van der Waals surface area (Å²) in [6.45, 7) is 1.96. The van der Waals surface area contributed by atoms with E-state index >= 15 is 0 Å². The van der Waals surface area contributed by atoms with Gasteiger partial charge in [-0.1, -0.05) is 43.3 Å². The van der Waals surface area contributed by atoms with Crippen molar-refractivity contribution in [1.29, 1.82) is 0 Å². The number of thioether (sulfide) groups is 1. The van der Waals surface area contributed by atoms with Crippen LogP contribution in [0.15, 0.2) is 89.1 Å². The van der Waals surface area contributed by atoms with Gasteiger partial charge in [0.2, 0.25) is 11.8 Å². The average molecular weight is 506 g/mol. The van der Waals surface area contributed by atoms with Crippen LogP contribution in [0.5, 0.6) is 0 Å². The molecule has 0 spiro atoms. The fraction of sp³-hybridized carbons (Fsp3) is 0.148. The van der Waals surface area contributed by atoms with E-state index in [1.54, 1.807) is 12.1 Å². The van der Waals surface area contributed by atoms with Crippen LogP contribution in [-0.4, -0.2) is 16.8 Å². The highest BCUT2D eigenvalue weighted by Gasteiger charge is 2.23. The number of thiazole rings is 1. The zero-order valence-electron chi connectivity index (χ0n) is 19.0. The first-order valence-corrected chi connectivity index (χ1v) is 12.9. The van der Waals surface area contributed by atoms with Crippen molar-refractivity contribution in [3.63, 3.8) is 0 Å². The van der Waals surface area contributed by atoms with Gasteiger partial charge in [0.25, 0.3) is 0 Å². The van der Waals surface area contributed by atoms with Crippen LogP contribution in [0, 0.1) is 5.82 Å². The zero-order chi connectivity index (χ0) is 24.6. The van der Waals surface area contributed by atoms with Crippen LogP contribution >= 0.6 is 23.1 Å². The summed E-state index contributed by atoms with van der Waals surface area (Å²) in [5.41, 5.74) is 3.00. The highest BCUT2D eigenvalue weighted by atomic mass is 32.2. The number of amides is 2. The molecular formula is C27H24FN3O2S2. The van der Waals surface area contributed by atoms with Crippen LogP contribution in [-0.2, 0) is 9.59 Å². The van der Waals surface area contributed by atoms with Gasteiger partial charge in [-0.15, -0.1) is 23.1 Å². The molecule has 1 aromatic heterocycles. The number of nitrogens with one attached hydrogen (secondary N) is 2. The molecule has 0 fully saturated rings. The molecule has 4 rings (SSSR count). The number of anilines is 2. The number of benzene rings is 3. The second-order valence-corrected chi connectivity index (χ2v) is 9.81. The van der Waals surface area contributed by atoms with Crippen molar-refractivity contribution in [3.05, 3.63) is 95.6 Å². The number of carbonyl (C=O) groups excluding carboxylic acids is 2. The highest BCUT2D eigenvalue weighted by Crippen LogP contribution is 2.37. The van der Waals surface area contributed by atoms with Gasteiger partial charge in [-0.2, -0.15) is 0 Å². The fourth-order valence-electron chi connectivity index (χ4n) is 3.39. The summed E-state index contributed by atoms with van der Waals surface area (Å²) >= 11 is 2.72. The van der Waals surface area contributed by atoms with E-state index in [4.69, 9.17) is 0 Å². The van der Waals surface area contributed by atoms with Crippen LogP contribution in [0.25, 0.3) is 11.3 Å². The minimum atomic E-state index is -0.532. The van der Waals surface area contributed by atoms with Crippen molar-refractivity contribution in [2.45, 2.75) is 29.9 Å². The van der Waals surface area contributed by atoms with Gasteiger partial charge in [-0.25, -0.2) is 9.37 Å². The first-order chi connectivity index (χ1) is 17.0. The molecular weight excluding hydrogens is 481 g/mol. The Hall–Kier alpha value is -3.49. The van der Waals surface area contributed by atoms with Crippen molar-refractivity contribution in [2.75, 3.05) is 10.6 Å². The maximum Gasteiger partial charge on any atom is 0.244 e. The molecule has 0 bridgehead atoms. The zero-order valence-corrected chi connectivity index (χ0v) is 20.7. The Balaban J connectivity index is 1.52. The molecule has 1 heterocycles. The first kappa shape index (κ1) is 24.6. The molecule has 0 aliphatic carbocycles. The van der Waals surface area contributed by atoms with E-state index < -0.39 is 5.25 Å². The van der Waals surface area contributed by atoms with Crippen molar-refractivity contribution >= 4 is 45.7 Å². The highest BCUT2D eigenvalue weighted by molar-refractivity contribution is 8.00. The molecule has 2 amide bonds. The molecule has 3 aromatic carbocycles. The van der Waals surface area contributed by atoms with Gasteiger partial charge in [0.1, 0.15) is 11.1 Å². The third-order valence-corrected chi connectivity index (χ3v) is 7.07. The van der Waals surface area contributed by atoms with Crippen molar-refractivity contribution < 1.29 is 14.0 Å². The van der Waals surface area contributed by atoms with E-state index in [2.05, 4.69) is 15.6 Å². The molecule has 0 saturated heterocycles. The van der Waals surface area contributed by atoms with Gasteiger partial charge in [-0.3, -0.25) is 9.59 Å². The molecule has 1 atom stereocenters. The van der Waals surface area contributed by atoms with Crippen LogP contribution in [0.4, 0.5) is 15.2 Å². The number of hydrogen-bond donors (Lipinski definition) is 2. The van der Waals surface area contributed by atoms with Crippen molar-refractivity contribution in [3.8, 4) is 11.3 Å². The largest absolute Gasteiger partial charge is 0.326 e. The summed E-state index contributed by atoms with van der Waals surface area (Å²) in [5, 5.41) is 7.60. The lowest BCUT2D eigenvalue weighted by molar-refractivity contribution is -0.116. The lowest BCUT2D eigenvalue weighted by atomic mass is 10.1. The maximum atomic E-state index is 13.4. The van der Waals surface area contributed by atoms with Crippen molar-refractivity contribution in [1.82, 2.24) is 4.98 Å². The number of carbonyl (C=O) groups is 2. The van der Waals surface area contributed by atoms with Crippen LogP contribution in [0.2, 0.25) is 0 Å². The fourth-order valence-corrected chi connectivity index (χ4v) is 5.20. The van der Waals surface area contributed by atoms with E-state index in [1.165, 1.54) is 35.2 Å². The number of halogens is 1. The summed E-state index contributed by atoms with van der Waals surface area (Å²) < 4.78 is 13.2. The molecule has 1 unspecified atom stereocenters. The number of aromatic nitrogens is 1. The number of nitrogens with zero attached hydrogens (tertiary/aromatic N) is 1. The number of hydrogen-bond acceptors (Lipinski definition) is 5. The number of rotatable bonds is 9. The SMILES string of the molecule is CCCC(=O)Nc1cccc(SC(C(=O)Nc2nc(-c3ccc(F)cc3)cs2)c2ccccc2)c1. The standard InChI is InChI=1S/C27H24FN3O2S2/c1-2-7-24(32)29-21-10-6-11-22(16-21)35-25(19-8-4-3-5-9-19)26(33)31-27-30-23(17-34-27)18-12-14-20(28)15-13-18/h3-6,8-17,25H,2,7H2,1H3,(H,29,32)(H,30,31,33). The Morgan fingerprint density at radius 2 is 1.77 bits per heavy atom. The second-order valence-electron chi connectivity index (χ2n) is 7.77. The summed E-state index contributed by atoms with van der Waals surface area (Å²) in [6.07, 6.45) is 1.23. The van der Waals surface area contributed by atoms with E-state index in [1.807, 2.05) is 66.9 Å². The molecule has 178 valence electrons. The van der Waals surface area contributed by atoms with Gasteiger partial charge in [-0.05, 0) is 54.4 Å². The molecule has 5 nitrogen and oxygen atoms in total.